The molecule has 0 aromatic heterocycles. The summed E-state index contributed by atoms with van der Waals surface area (Å²) < 4.78 is 20.6. The molecule has 0 saturated heterocycles. The zero-order chi connectivity index (χ0) is 9.14. The number of benzene rings is 1. The molecule has 0 fully saturated rings. The minimum atomic E-state index is -2.10. The van der Waals surface area contributed by atoms with Gasteiger partial charge in [-0.05, 0) is 23.8 Å². The van der Waals surface area contributed by atoms with Crippen LogP contribution < -0.4 is 0 Å². The molecule has 0 saturated carbocycles. The Morgan fingerprint density at radius 3 is 2.17 bits per heavy atom. The van der Waals surface area contributed by atoms with Gasteiger partial charge in [-0.3, -0.25) is 4.21 Å². The van der Waals surface area contributed by atoms with E-state index in [2.05, 4.69) is 0 Å². The van der Waals surface area contributed by atoms with Gasteiger partial charge in [-0.1, -0.05) is 34.3 Å². The molecule has 1 rings (SSSR count). The lowest BCUT2D eigenvalue weighted by Gasteiger charge is -2.05. The topological polar surface area (TPSA) is 40.1 Å². The summed E-state index contributed by atoms with van der Waals surface area (Å²) in [5.41, 5.74) is 0.598. The maximum Gasteiger partial charge on any atom is 0.0423 e. The molecule has 0 aliphatic carbocycles. The first-order valence-corrected chi connectivity index (χ1v) is 5.09. The van der Waals surface area contributed by atoms with Crippen LogP contribution >= 0.6 is 23.2 Å². The van der Waals surface area contributed by atoms with Gasteiger partial charge in [0.05, 0.1) is 0 Å². The summed E-state index contributed by atoms with van der Waals surface area (Å²) in [6, 6.07) is 4.70. The Morgan fingerprint density at radius 1 is 1.25 bits per heavy atom. The Hall–Kier alpha value is -0.0900. The fourth-order valence-corrected chi connectivity index (χ4v) is 1.84. The van der Waals surface area contributed by atoms with Crippen LogP contribution in [0.3, 0.4) is 0 Å². The number of halogens is 2. The molecule has 1 aromatic rings. The fraction of sp³-hybridized carbons (Fsp3) is 0.143. The molecule has 12 heavy (non-hydrogen) atoms. The Balaban J connectivity index is 2.93. The largest absolute Gasteiger partial charge is 0.772 e. The molecule has 0 aliphatic rings. The maximum absolute atomic E-state index is 10.3. The smallest absolute Gasteiger partial charge is 0.0423 e. The van der Waals surface area contributed by atoms with Crippen LogP contribution in [-0.2, 0) is 16.8 Å². The highest BCUT2D eigenvalue weighted by atomic mass is 35.5. The summed E-state index contributed by atoms with van der Waals surface area (Å²) in [6.07, 6.45) is 0. The minimum absolute atomic E-state index is 0.0553. The molecule has 0 radical (unpaired) electrons. The van der Waals surface area contributed by atoms with Crippen LogP contribution in [0.4, 0.5) is 0 Å². The van der Waals surface area contributed by atoms with Gasteiger partial charge < -0.3 is 4.55 Å². The first-order chi connectivity index (χ1) is 5.58. The summed E-state index contributed by atoms with van der Waals surface area (Å²) in [5, 5.41) is 0.894. The van der Waals surface area contributed by atoms with Crippen molar-refractivity contribution in [3.63, 3.8) is 0 Å². The van der Waals surface area contributed by atoms with Crippen LogP contribution in [-0.4, -0.2) is 8.76 Å². The van der Waals surface area contributed by atoms with Crippen LogP contribution in [0.2, 0.25) is 10.0 Å². The van der Waals surface area contributed by atoms with E-state index in [0.29, 0.717) is 15.6 Å². The summed E-state index contributed by atoms with van der Waals surface area (Å²) >= 11 is 9.20. The molecule has 0 aliphatic heterocycles. The molecule has 0 heterocycles. The van der Waals surface area contributed by atoms with E-state index in [0.717, 1.165) is 0 Å². The molecule has 5 heteroatoms. The van der Waals surface area contributed by atoms with Crippen molar-refractivity contribution in [1.29, 1.82) is 0 Å². The molecule has 66 valence electrons. The van der Waals surface area contributed by atoms with Crippen molar-refractivity contribution in [3.8, 4) is 0 Å². The predicted molar refractivity (Wildman–Crippen MR) is 49.1 cm³/mol. The van der Waals surface area contributed by atoms with E-state index in [1.165, 1.54) is 0 Å². The molecule has 1 atom stereocenters. The van der Waals surface area contributed by atoms with Crippen LogP contribution in [0.15, 0.2) is 18.2 Å². The second-order valence-corrected chi connectivity index (χ2v) is 3.99. The van der Waals surface area contributed by atoms with Crippen LogP contribution in [0, 0.1) is 0 Å². The Kier molecular flexibility index (Phi) is 3.53. The molecule has 1 unspecified atom stereocenters. The second kappa shape index (κ2) is 4.23. The molecule has 2 nitrogen and oxygen atoms in total. The quantitative estimate of drug-likeness (QED) is 0.723. The number of rotatable bonds is 2. The van der Waals surface area contributed by atoms with Gasteiger partial charge in [-0.15, -0.1) is 0 Å². The van der Waals surface area contributed by atoms with Crippen molar-refractivity contribution < 1.29 is 8.76 Å². The SMILES string of the molecule is O=S([O-])Cc1cc(Cl)cc(Cl)c1. The van der Waals surface area contributed by atoms with Gasteiger partial charge in [0, 0.05) is 15.8 Å². The monoisotopic (exact) mass is 223 g/mol. The average Bonchev–Trinajstić information content (AvgIpc) is 1.81. The number of hydrogen-bond donors (Lipinski definition) is 0. The summed E-state index contributed by atoms with van der Waals surface area (Å²) in [5.74, 6) is -0.0553. The normalized spacial score (nSPS) is 12.9. The van der Waals surface area contributed by atoms with Crippen LogP contribution in [0.25, 0.3) is 0 Å². The maximum atomic E-state index is 10.3. The highest BCUT2D eigenvalue weighted by molar-refractivity contribution is 7.78. The standard InChI is InChI=1S/C7H6Cl2O2S/c8-6-1-5(4-12(10)11)2-7(9)3-6/h1-3H,4H2,(H,10,11)/p-1. The van der Waals surface area contributed by atoms with Crippen molar-refractivity contribution in [2.24, 2.45) is 0 Å². The van der Waals surface area contributed by atoms with Crippen molar-refractivity contribution in [2.75, 3.05) is 0 Å². The average molecular weight is 224 g/mol. The lowest BCUT2D eigenvalue weighted by molar-refractivity contribution is 0.536. The van der Waals surface area contributed by atoms with Crippen molar-refractivity contribution in [2.45, 2.75) is 5.75 Å². The van der Waals surface area contributed by atoms with Gasteiger partial charge >= 0.3 is 0 Å². The fourth-order valence-electron chi connectivity index (χ4n) is 0.830. The molecular weight excluding hydrogens is 219 g/mol. The molecule has 0 bridgehead atoms. The van der Waals surface area contributed by atoms with E-state index in [1.54, 1.807) is 18.2 Å². The Morgan fingerprint density at radius 2 is 1.75 bits per heavy atom. The van der Waals surface area contributed by atoms with E-state index >= 15 is 0 Å². The van der Waals surface area contributed by atoms with E-state index in [4.69, 9.17) is 23.2 Å². The lowest BCUT2D eigenvalue weighted by Crippen LogP contribution is -1.92. The third kappa shape index (κ3) is 3.11. The Bertz CT molecular complexity index is 294. The van der Waals surface area contributed by atoms with Gasteiger partial charge in [0.2, 0.25) is 0 Å². The molecular formula is C7H5Cl2O2S-. The van der Waals surface area contributed by atoms with Gasteiger partial charge in [0.15, 0.2) is 0 Å². The predicted octanol–water partition coefficient (Wildman–Crippen LogP) is 2.37. The van der Waals surface area contributed by atoms with Crippen LogP contribution in [0.5, 0.6) is 0 Å². The zero-order valence-electron chi connectivity index (χ0n) is 5.92. The van der Waals surface area contributed by atoms with Crippen LogP contribution in [0.1, 0.15) is 5.56 Å². The van der Waals surface area contributed by atoms with Gasteiger partial charge in [0.1, 0.15) is 0 Å². The van der Waals surface area contributed by atoms with E-state index in [1.807, 2.05) is 0 Å². The zero-order valence-corrected chi connectivity index (χ0v) is 8.25. The van der Waals surface area contributed by atoms with Crippen molar-refractivity contribution >= 4 is 34.3 Å². The number of hydrogen-bond acceptors (Lipinski definition) is 2. The van der Waals surface area contributed by atoms with Gasteiger partial charge in [-0.2, -0.15) is 0 Å². The van der Waals surface area contributed by atoms with E-state index in [-0.39, 0.29) is 5.75 Å². The highest BCUT2D eigenvalue weighted by Crippen LogP contribution is 2.19. The summed E-state index contributed by atoms with van der Waals surface area (Å²) in [6.45, 7) is 0. The van der Waals surface area contributed by atoms with Crippen molar-refractivity contribution in [3.05, 3.63) is 33.8 Å². The molecule has 1 aromatic carbocycles. The highest BCUT2D eigenvalue weighted by Gasteiger charge is 1.97. The summed E-state index contributed by atoms with van der Waals surface area (Å²) in [4.78, 5) is 0. The second-order valence-electron chi connectivity index (χ2n) is 2.23. The molecule has 0 amide bonds. The minimum Gasteiger partial charge on any atom is -0.772 e. The van der Waals surface area contributed by atoms with Crippen molar-refractivity contribution in [1.82, 2.24) is 0 Å². The van der Waals surface area contributed by atoms with E-state index < -0.39 is 11.1 Å². The third-order valence-electron chi connectivity index (χ3n) is 1.21. The van der Waals surface area contributed by atoms with Gasteiger partial charge in [0.25, 0.3) is 0 Å². The molecule has 0 N–H and O–H groups in total. The van der Waals surface area contributed by atoms with Gasteiger partial charge in [-0.25, -0.2) is 0 Å². The third-order valence-corrected chi connectivity index (χ3v) is 2.21. The Labute approximate surface area is 82.8 Å². The summed E-state index contributed by atoms with van der Waals surface area (Å²) in [7, 11) is 0. The first-order valence-electron chi connectivity index (χ1n) is 3.09. The lowest BCUT2D eigenvalue weighted by atomic mass is 10.2. The molecule has 0 spiro atoms. The van der Waals surface area contributed by atoms with E-state index in [9.17, 15) is 8.76 Å². The first kappa shape index (κ1) is 9.99.